The highest BCUT2D eigenvalue weighted by molar-refractivity contribution is 7.14. The summed E-state index contributed by atoms with van der Waals surface area (Å²) in [6.07, 6.45) is 5.25. The number of nitrogens with zero attached hydrogens (tertiary/aromatic N) is 2. The van der Waals surface area contributed by atoms with Gasteiger partial charge in [-0.05, 0) is 19.8 Å². The third-order valence-electron chi connectivity index (χ3n) is 2.76. The fraction of sp³-hybridized carbons (Fsp3) is 0.700. The summed E-state index contributed by atoms with van der Waals surface area (Å²) in [4.78, 5) is 6.73. The Morgan fingerprint density at radius 2 is 2.36 bits per heavy atom. The molecule has 1 aliphatic heterocycles. The van der Waals surface area contributed by atoms with Crippen LogP contribution in [0.1, 0.15) is 32.6 Å². The Morgan fingerprint density at radius 3 is 3.07 bits per heavy atom. The number of hydrogen-bond donors (Lipinski definition) is 0. The van der Waals surface area contributed by atoms with Crippen LogP contribution >= 0.6 is 22.9 Å². The molecular weight excluding hydrogens is 216 g/mol. The molecule has 78 valence electrons. The van der Waals surface area contributed by atoms with Crippen LogP contribution < -0.4 is 4.90 Å². The maximum Gasteiger partial charge on any atom is 0.186 e. The van der Waals surface area contributed by atoms with Crippen molar-refractivity contribution in [2.45, 2.75) is 38.6 Å². The first kappa shape index (κ1) is 10.2. The Balaban J connectivity index is 2.14. The quantitative estimate of drug-likeness (QED) is 0.734. The molecule has 1 unspecified atom stereocenters. The molecule has 0 saturated carbocycles. The largest absolute Gasteiger partial charge is 0.345 e. The van der Waals surface area contributed by atoms with Gasteiger partial charge in [-0.25, -0.2) is 4.98 Å². The van der Waals surface area contributed by atoms with Gasteiger partial charge in [-0.2, -0.15) is 0 Å². The molecule has 0 bridgehead atoms. The summed E-state index contributed by atoms with van der Waals surface area (Å²) < 4.78 is 0. The maximum atomic E-state index is 5.84. The lowest BCUT2D eigenvalue weighted by molar-refractivity contribution is 0.615. The minimum atomic E-state index is 0.611. The zero-order valence-electron chi connectivity index (χ0n) is 8.37. The number of anilines is 1. The smallest absolute Gasteiger partial charge is 0.186 e. The molecule has 0 aliphatic carbocycles. The van der Waals surface area contributed by atoms with Crippen molar-refractivity contribution in [2.24, 2.45) is 0 Å². The van der Waals surface area contributed by atoms with Crippen LogP contribution in [0.25, 0.3) is 0 Å². The van der Waals surface area contributed by atoms with Crippen molar-refractivity contribution in [2.75, 3.05) is 11.4 Å². The highest BCUT2D eigenvalue weighted by atomic mass is 35.5. The van der Waals surface area contributed by atoms with Crippen molar-refractivity contribution in [1.82, 2.24) is 4.98 Å². The van der Waals surface area contributed by atoms with Gasteiger partial charge in [0, 0.05) is 18.0 Å². The third kappa shape index (κ3) is 2.20. The van der Waals surface area contributed by atoms with Gasteiger partial charge in [0.15, 0.2) is 5.13 Å². The van der Waals surface area contributed by atoms with Crippen LogP contribution in [-0.4, -0.2) is 17.6 Å². The third-order valence-corrected chi connectivity index (χ3v) is 3.96. The second kappa shape index (κ2) is 4.49. The van der Waals surface area contributed by atoms with E-state index in [9.17, 15) is 0 Å². The molecule has 2 rings (SSSR count). The molecule has 0 radical (unpaired) electrons. The average molecular weight is 231 g/mol. The standard InChI is InChI=1S/C10H15ClN2S/c1-8-5-3-2-4-6-13(8)10-12-9(11)7-14-10/h7-8H,2-6H2,1H3. The molecule has 1 aliphatic rings. The minimum Gasteiger partial charge on any atom is -0.345 e. The molecule has 0 spiro atoms. The van der Waals surface area contributed by atoms with Crippen LogP contribution in [0.15, 0.2) is 5.38 Å². The molecule has 1 aromatic heterocycles. The summed E-state index contributed by atoms with van der Waals surface area (Å²) >= 11 is 7.49. The molecule has 1 aromatic rings. The monoisotopic (exact) mass is 230 g/mol. The topological polar surface area (TPSA) is 16.1 Å². The first-order valence-corrected chi connectivity index (χ1v) is 6.41. The normalized spacial score (nSPS) is 23.6. The lowest BCUT2D eigenvalue weighted by Crippen LogP contribution is -2.32. The average Bonchev–Trinajstić information content (AvgIpc) is 2.46. The molecular formula is C10H15ClN2S. The summed E-state index contributed by atoms with van der Waals surface area (Å²) in [5.41, 5.74) is 0. The molecule has 1 atom stereocenters. The number of hydrogen-bond acceptors (Lipinski definition) is 3. The molecule has 2 nitrogen and oxygen atoms in total. The number of rotatable bonds is 1. The van der Waals surface area contributed by atoms with Gasteiger partial charge < -0.3 is 4.90 Å². The van der Waals surface area contributed by atoms with E-state index in [1.54, 1.807) is 11.3 Å². The van der Waals surface area contributed by atoms with Gasteiger partial charge in [0.05, 0.1) is 0 Å². The molecule has 0 aromatic carbocycles. The van der Waals surface area contributed by atoms with E-state index < -0.39 is 0 Å². The predicted molar refractivity (Wildman–Crippen MR) is 62.4 cm³/mol. The van der Waals surface area contributed by atoms with Crippen LogP contribution in [0.2, 0.25) is 5.15 Å². The van der Waals surface area contributed by atoms with Gasteiger partial charge in [-0.15, -0.1) is 11.3 Å². The molecule has 1 saturated heterocycles. The minimum absolute atomic E-state index is 0.611. The van der Waals surface area contributed by atoms with Gasteiger partial charge in [0.25, 0.3) is 0 Å². The van der Waals surface area contributed by atoms with Crippen LogP contribution in [0.3, 0.4) is 0 Å². The van der Waals surface area contributed by atoms with Gasteiger partial charge in [-0.3, -0.25) is 0 Å². The van der Waals surface area contributed by atoms with Crippen molar-refractivity contribution < 1.29 is 0 Å². The molecule has 1 fully saturated rings. The summed E-state index contributed by atoms with van der Waals surface area (Å²) in [5, 5.41) is 3.62. The van der Waals surface area contributed by atoms with Gasteiger partial charge in [-0.1, -0.05) is 24.4 Å². The SMILES string of the molecule is CC1CCCCCN1c1nc(Cl)cs1. The second-order valence-electron chi connectivity index (χ2n) is 3.84. The maximum absolute atomic E-state index is 5.84. The van der Waals surface area contributed by atoms with E-state index in [4.69, 9.17) is 11.6 Å². The van der Waals surface area contributed by atoms with Gasteiger partial charge >= 0.3 is 0 Å². The lowest BCUT2D eigenvalue weighted by Gasteiger charge is -2.26. The van der Waals surface area contributed by atoms with E-state index in [2.05, 4.69) is 16.8 Å². The molecule has 4 heteroatoms. The van der Waals surface area contributed by atoms with Crippen LogP contribution in [-0.2, 0) is 0 Å². The van der Waals surface area contributed by atoms with E-state index >= 15 is 0 Å². The van der Waals surface area contributed by atoms with Gasteiger partial charge in [0.1, 0.15) is 5.15 Å². The summed E-state index contributed by atoms with van der Waals surface area (Å²) in [6, 6.07) is 0.611. The number of aromatic nitrogens is 1. The van der Waals surface area contributed by atoms with E-state index in [1.165, 1.54) is 25.7 Å². The second-order valence-corrected chi connectivity index (χ2v) is 5.07. The Morgan fingerprint density at radius 1 is 1.50 bits per heavy atom. The van der Waals surface area contributed by atoms with Crippen molar-refractivity contribution in [3.05, 3.63) is 10.5 Å². The first-order chi connectivity index (χ1) is 6.77. The Hall–Kier alpha value is -0.280. The Kier molecular flexibility index (Phi) is 3.29. The molecule has 14 heavy (non-hydrogen) atoms. The Bertz CT molecular complexity index is 300. The predicted octanol–water partition coefficient (Wildman–Crippen LogP) is 3.57. The molecule has 2 heterocycles. The Labute approximate surface area is 93.9 Å². The number of thiazole rings is 1. The number of halogens is 1. The highest BCUT2D eigenvalue weighted by Crippen LogP contribution is 2.28. The summed E-state index contributed by atoms with van der Waals surface area (Å²) in [6.45, 7) is 3.41. The van der Waals surface area contributed by atoms with Crippen LogP contribution in [0, 0.1) is 0 Å². The lowest BCUT2D eigenvalue weighted by atomic mass is 10.1. The van der Waals surface area contributed by atoms with E-state index in [1.807, 2.05) is 5.38 Å². The fourth-order valence-electron chi connectivity index (χ4n) is 1.94. The van der Waals surface area contributed by atoms with Crippen molar-refractivity contribution >= 4 is 28.1 Å². The van der Waals surface area contributed by atoms with E-state index in [0.29, 0.717) is 11.2 Å². The van der Waals surface area contributed by atoms with Gasteiger partial charge in [0.2, 0.25) is 0 Å². The zero-order chi connectivity index (χ0) is 9.97. The van der Waals surface area contributed by atoms with Crippen molar-refractivity contribution in [1.29, 1.82) is 0 Å². The van der Waals surface area contributed by atoms with Crippen LogP contribution in [0.5, 0.6) is 0 Å². The van der Waals surface area contributed by atoms with Crippen molar-refractivity contribution in [3.63, 3.8) is 0 Å². The van der Waals surface area contributed by atoms with Crippen LogP contribution in [0.4, 0.5) is 5.13 Å². The molecule has 0 N–H and O–H groups in total. The van der Waals surface area contributed by atoms with Crippen molar-refractivity contribution in [3.8, 4) is 0 Å². The molecule has 0 amide bonds. The first-order valence-electron chi connectivity index (χ1n) is 5.15. The van der Waals surface area contributed by atoms with E-state index in [0.717, 1.165) is 11.7 Å². The summed E-state index contributed by atoms with van der Waals surface area (Å²) in [5.74, 6) is 0. The fourth-order valence-corrected chi connectivity index (χ4v) is 3.01. The summed E-state index contributed by atoms with van der Waals surface area (Å²) in [7, 11) is 0. The zero-order valence-corrected chi connectivity index (χ0v) is 9.94. The van der Waals surface area contributed by atoms with E-state index in [-0.39, 0.29) is 0 Å². The highest BCUT2D eigenvalue weighted by Gasteiger charge is 2.19.